The molecule has 0 radical (unpaired) electrons. The maximum atomic E-state index is 11.8. The summed E-state index contributed by atoms with van der Waals surface area (Å²) in [6.45, 7) is 4.53. The van der Waals surface area contributed by atoms with Gasteiger partial charge in [-0.2, -0.15) is 0 Å². The smallest absolute Gasteiger partial charge is 0.278 e. The minimum atomic E-state index is -0.575. The number of imidazole rings is 1. The summed E-state index contributed by atoms with van der Waals surface area (Å²) in [7, 11) is 0. The van der Waals surface area contributed by atoms with Crippen LogP contribution in [0.5, 0.6) is 0 Å². The van der Waals surface area contributed by atoms with E-state index in [1.165, 1.54) is 17.5 Å². The molecular formula is C25H28N6O2. The highest BCUT2D eigenvalue weighted by molar-refractivity contribution is 5.68. The molecule has 1 unspecified atom stereocenters. The zero-order valence-electron chi connectivity index (χ0n) is 18.4. The van der Waals surface area contributed by atoms with Crippen LogP contribution >= 0.6 is 0 Å². The molecule has 0 aliphatic carbocycles. The lowest BCUT2D eigenvalue weighted by atomic mass is 9.96. The number of fused-ring (bicyclic) bond motifs is 1. The molecule has 170 valence electrons. The fraction of sp³-hybridized carbons (Fsp3) is 0.320. The summed E-state index contributed by atoms with van der Waals surface area (Å²) in [5, 5.41) is 10.7. The fourth-order valence-corrected chi connectivity index (χ4v) is 4.70. The first kappa shape index (κ1) is 21.5. The van der Waals surface area contributed by atoms with Crippen LogP contribution in [0.2, 0.25) is 0 Å². The first-order valence-electron chi connectivity index (χ1n) is 11.3. The average molecular weight is 445 g/mol. The first-order chi connectivity index (χ1) is 16.2. The Hall–Kier alpha value is -3.33. The highest BCUT2D eigenvalue weighted by Crippen LogP contribution is 2.29. The molecule has 2 aromatic heterocycles. The molecule has 2 N–H and O–H groups in total. The second-order valence-electron chi connectivity index (χ2n) is 8.52. The van der Waals surface area contributed by atoms with Crippen LogP contribution in [-0.4, -0.2) is 73.3 Å². The van der Waals surface area contributed by atoms with Gasteiger partial charge in [0.15, 0.2) is 11.2 Å². The number of H-pyrrole nitrogens is 1. The van der Waals surface area contributed by atoms with Crippen molar-refractivity contribution in [1.82, 2.24) is 29.3 Å². The average Bonchev–Trinajstić information content (AvgIpc) is 3.26. The molecule has 8 heteroatoms. The Balaban J connectivity index is 1.22. The van der Waals surface area contributed by atoms with E-state index >= 15 is 0 Å². The zero-order chi connectivity index (χ0) is 22.6. The lowest BCUT2D eigenvalue weighted by Gasteiger charge is -2.40. The monoisotopic (exact) mass is 444 g/mol. The second kappa shape index (κ2) is 9.66. The second-order valence-corrected chi connectivity index (χ2v) is 8.52. The van der Waals surface area contributed by atoms with Crippen molar-refractivity contribution < 1.29 is 5.11 Å². The molecule has 1 saturated heterocycles. The summed E-state index contributed by atoms with van der Waals surface area (Å²) in [5.74, 6) is 0. The number of hydrogen-bond donors (Lipinski definition) is 2. The van der Waals surface area contributed by atoms with Gasteiger partial charge in [-0.05, 0) is 11.1 Å². The number of benzene rings is 2. The van der Waals surface area contributed by atoms with Gasteiger partial charge in [0, 0.05) is 32.7 Å². The lowest BCUT2D eigenvalue weighted by molar-refractivity contribution is 0.0560. The Morgan fingerprint density at radius 2 is 1.52 bits per heavy atom. The Bertz CT molecular complexity index is 1190. The van der Waals surface area contributed by atoms with E-state index < -0.39 is 6.10 Å². The highest BCUT2D eigenvalue weighted by Gasteiger charge is 2.27. The van der Waals surface area contributed by atoms with E-state index in [9.17, 15) is 9.90 Å². The molecule has 1 aliphatic rings. The van der Waals surface area contributed by atoms with Crippen LogP contribution in [0.3, 0.4) is 0 Å². The number of aliphatic hydroxyl groups excluding tert-OH is 1. The largest absolute Gasteiger partial charge is 0.390 e. The molecule has 2 aromatic carbocycles. The lowest BCUT2D eigenvalue weighted by Crippen LogP contribution is -2.50. The number of β-amino-alcohol motifs (C(OH)–C–C–N with tert-alkyl or cyclic N) is 1. The van der Waals surface area contributed by atoms with E-state index in [2.05, 4.69) is 85.4 Å². The number of nitrogens with one attached hydrogen (secondary N) is 1. The maximum absolute atomic E-state index is 11.8. The number of aromatic amines is 1. The predicted molar refractivity (Wildman–Crippen MR) is 127 cm³/mol. The van der Waals surface area contributed by atoms with E-state index in [1.54, 1.807) is 10.9 Å². The van der Waals surface area contributed by atoms with Gasteiger partial charge in [0.2, 0.25) is 0 Å². The van der Waals surface area contributed by atoms with E-state index in [4.69, 9.17) is 0 Å². The summed E-state index contributed by atoms with van der Waals surface area (Å²) in [6.07, 6.45) is 2.36. The molecule has 1 fully saturated rings. The molecule has 3 heterocycles. The fourth-order valence-electron chi connectivity index (χ4n) is 4.70. The molecule has 0 bridgehead atoms. The number of rotatable bonds is 7. The highest BCUT2D eigenvalue weighted by atomic mass is 16.3. The van der Waals surface area contributed by atoms with Crippen LogP contribution in [0.1, 0.15) is 17.2 Å². The summed E-state index contributed by atoms with van der Waals surface area (Å²) in [5.41, 5.74) is 3.12. The van der Waals surface area contributed by atoms with E-state index in [0.29, 0.717) is 24.3 Å². The number of piperazine rings is 1. The number of nitrogens with zero attached hydrogens (tertiary/aromatic N) is 5. The van der Waals surface area contributed by atoms with Crippen molar-refractivity contribution in [2.75, 3.05) is 32.7 Å². The van der Waals surface area contributed by atoms with Crippen molar-refractivity contribution in [3.63, 3.8) is 0 Å². The third-order valence-corrected chi connectivity index (χ3v) is 6.29. The summed E-state index contributed by atoms with van der Waals surface area (Å²) >= 11 is 0. The van der Waals surface area contributed by atoms with Gasteiger partial charge in [-0.25, -0.2) is 9.97 Å². The van der Waals surface area contributed by atoms with Crippen LogP contribution in [-0.2, 0) is 6.54 Å². The number of hydrogen-bond acceptors (Lipinski definition) is 6. The van der Waals surface area contributed by atoms with Gasteiger partial charge in [-0.1, -0.05) is 60.7 Å². The van der Waals surface area contributed by atoms with Crippen molar-refractivity contribution in [3.8, 4) is 0 Å². The third kappa shape index (κ3) is 4.73. The van der Waals surface area contributed by atoms with Gasteiger partial charge in [-0.15, -0.1) is 0 Å². The minimum Gasteiger partial charge on any atom is -0.390 e. The maximum Gasteiger partial charge on any atom is 0.278 e. The molecule has 0 amide bonds. The molecule has 33 heavy (non-hydrogen) atoms. The standard InChI is InChI=1S/C25H28N6O2/c32-21(16-31-18-28-22-24(31)26-17-27-25(22)33)15-29-11-13-30(14-12-29)23(19-7-3-1-4-8-19)20-9-5-2-6-10-20/h1-10,17-18,21,23,32H,11-16H2,(H,26,27,33). The SMILES string of the molecule is O=c1[nH]cnc2c1ncn2CC(O)CN1CCN(C(c2ccccc2)c2ccccc2)CC1. The molecule has 5 rings (SSSR count). The van der Waals surface area contributed by atoms with Crippen molar-refractivity contribution in [2.45, 2.75) is 18.7 Å². The van der Waals surface area contributed by atoms with Crippen molar-refractivity contribution in [1.29, 1.82) is 0 Å². The molecule has 8 nitrogen and oxygen atoms in total. The van der Waals surface area contributed by atoms with Crippen molar-refractivity contribution in [2.24, 2.45) is 0 Å². The van der Waals surface area contributed by atoms with Gasteiger partial charge in [-0.3, -0.25) is 14.6 Å². The van der Waals surface area contributed by atoms with E-state index in [0.717, 1.165) is 26.2 Å². The minimum absolute atomic E-state index is 0.223. The van der Waals surface area contributed by atoms with Gasteiger partial charge >= 0.3 is 0 Å². The summed E-state index contributed by atoms with van der Waals surface area (Å²) in [4.78, 5) is 27.5. The topological polar surface area (TPSA) is 90.3 Å². The molecule has 0 spiro atoms. The summed E-state index contributed by atoms with van der Waals surface area (Å²) in [6, 6.07) is 21.5. The Kier molecular flexibility index (Phi) is 6.30. The van der Waals surface area contributed by atoms with Crippen LogP contribution < -0.4 is 5.56 Å². The summed E-state index contributed by atoms with van der Waals surface area (Å²) < 4.78 is 1.74. The van der Waals surface area contributed by atoms with Crippen molar-refractivity contribution in [3.05, 3.63) is 94.8 Å². The molecule has 1 aliphatic heterocycles. The van der Waals surface area contributed by atoms with E-state index in [1.807, 2.05) is 0 Å². The Morgan fingerprint density at radius 1 is 0.879 bits per heavy atom. The number of aromatic nitrogens is 4. The van der Waals surface area contributed by atoms with Gasteiger partial charge in [0.05, 0.1) is 31.3 Å². The first-order valence-corrected chi connectivity index (χ1v) is 11.3. The molecule has 1 atom stereocenters. The third-order valence-electron chi connectivity index (χ3n) is 6.29. The van der Waals surface area contributed by atoms with Gasteiger partial charge < -0.3 is 14.7 Å². The van der Waals surface area contributed by atoms with Crippen molar-refractivity contribution >= 4 is 11.2 Å². The molecule has 0 saturated carbocycles. The zero-order valence-corrected chi connectivity index (χ0v) is 18.4. The van der Waals surface area contributed by atoms with Gasteiger partial charge in [0.1, 0.15) is 0 Å². The van der Waals surface area contributed by atoms with Crippen LogP contribution in [0, 0.1) is 0 Å². The molecule has 4 aromatic rings. The number of aliphatic hydroxyl groups is 1. The predicted octanol–water partition coefficient (Wildman–Crippen LogP) is 1.89. The normalized spacial score (nSPS) is 16.4. The van der Waals surface area contributed by atoms with Crippen LogP contribution in [0.25, 0.3) is 11.2 Å². The van der Waals surface area contributed by atoms with Crippen LogP contribution in [0.4, 0.5) is 0 Å². The molecular weight excluding hydrogens is 416 g/mol. The Labute approximate surface area is 192 Å². The van der Waals surface area contributed by atoms with Gasteiger partial charge in [0.25, 0.3) is 5.56 Å². The van der Waals surface area contributed by atoms with Crippen LogP contribution in [0.15, 0.2) is 78.1 Å². The van der Waals surface area contributed by atoms with E-state index in [-0.39, 0.29) is 11.6 Å². The quantitative estimate of drug-likeness (QED) is 0.453. The Morgan fingerprint density at radius 3 is 2.15 bits per heavy atom.